The van der Waals surface area contributed by atoms with Gasteiger partial charge in [-0.1, -0.05) is 0 Å². The number of pyridine rings is 1. The minimum atomic E-state index is -0.202. The molecule has 2 aromatic heterocycles. The molecule has 0 aliphatic heterocycles. The lowest BCUT2D eigenvalue weighted by Gasteiger charge is -2.00. The molecule has 4 heteroatoms. The summed E-state index contributed by atoms with van der Waals surface area (Å²) in [6.07, 6.45) is 6.08. The molecule has 0 fully saturated rings. The number of nitrogens with zero attached hydrogens (tertiary/aromatic N) is 1. The molecule has 70 valence electrons. The second kappa shape index (κ2) is 3.74. The molecule has 0 aliphatic rings. The Balaban J connectivity index is 2.10. The summed E-state index contributed by atoms with van der Waals surface area (Å²) in [5.41, 5.74) is 1.16. The fourth-order valence-electron chi connectivity index (χ4n) is 1.03. The lowest BCUT2D eigenvalue weighted by atomic mass is 10.3. The highest BCUT2D eigenvalue weighted by atomic mass is 16.3. The summed E-state index contributed by atoms with van der Waals surface area (Å²) in [6, 6.07) is 5.13. The van der Waals surface area contributed by atoms with Crippen LogP contribution in [0.2, 0.25) is 0 Å². The maximum atomic E-state index is 11.5. The van der Waals surface area contributed by atoms with E-state index in [1.54, 1.807) is 30.6 Å². The number of carbonyl (C=O) groups excluding carboxylic acids is 1. The van der Waals surface area contributed by atoms with Gasteiger partial charge in [0, 0.05) is 6.20 Å². The highest BCUT2D eigenvalue weighted by Crippen LogP contribution is 2.07. The standard InChI is InChI=1S/C10H8N2O2/c13-10(8-3-5-14-7-8)12-9-2-1-4-11-6-9/h1-7H,(H,12,13). The topological polar surface area (TPSA) is 55.1 Å². The number of hydrogen-bond donors (Lipinski definition) is 1. The van der Waals surface area contributed by atoms with Gasteiger partial charge in [0.1, 0.15) is 6.26 Å². The normalized spacial score (nSPS) is 9.71. The Hall–Kier alpha value is -2.10. The van der Waals surface area contributed by atoms with Crippen molar-refractivity contribution in [2.45, 2.75) is 0 Å². The lowest BCUT2D eigenvalue weighted by Crippen LogP contribution is -2.10. The van der Waals surface area contributed by atoms with Crippen molar-refractivity contribution in [2.75, 3.05) is 5.32 Å². The zero-order valence-corrected chi connectivity index (χ0v) is 7.31. The smallest absolute Gasteiger partial charge is 0.258 e. The summed E-state index contributed by atoms with van der Waals surface area (Å²) in [6.45, 7) is 0. The Bertz CT molecular complexity index is 409. The summed E-state index contributed by atoms with van der Waals surface area (Å²) >= 11 is 0. The number of nitrogens with one attached hydrogen (secondary N) is 1. The Morgan fingerprint density at radius 2 is 2.36 bits per heavy atom. The van der Waals surface area contributed by atoms with E-state index in [4.69, 9.17) is 4.42 Å². The van der Waals surface area contributed by atoms with Crippen molar-refractivity contribution in [3.05, 3.63) is 48.7 Å². The SMILES string of the molecule is O=C(Nc1cccnc1)c1ccoc1. The minimum Gasteiger partial charge on any atom is -0.472 e. The quantitative estimate of drug-likeness (QED) is 0.783. The molecule has 0 saturated carbocycles. The maximum absolute atomic E-state index is 11.5. The molecule has 0 unspecified atom stereocenters. The third kappa shape index (κ3) is 1.80. The third-order valence-electron chi connectivity index (χ3n) is 1.70. The van der Waals surface area contributed by atoms with Crippen LogP contribution in [-0.2, 0) is 0 Å². The predicted octanol–water partition coefficient (Wildman–Crippen LogP) is 1.93. The Labute approximate surface area is 80.6 Å². The molecular weight excluding hydrogens is 180 g/mol. The molecule has 0 saturated heterocycles. The first-order valence-electron chi connectivity index (χ1n) is 4.10. The molecular formula is C10H8N2O2. The average Bonchev–Trinajstić information content (AvgIpc) is 2.72. The molecule has 0 aromatic carbocycles. The highest BCUT2D eigenvalue weighted by Gasteiger charge is 2.06. The molecule has 0 aliphatic carbocycles. The molecule has 4 nitrogen and oxygen atoms in total. The molecule has 2 heterocycles. The number of aromatic nitrogens is 1. The molecule has 2 aromatic rings. The summed E-state index contributed by atoms with van der Waals surface area (Å²) in [4.78, 5) is 15.4. The number of furan rings is 1. The van der Waals surface area contributed by atoms with Crippen molar-refractivity contribution in [3.63, 3.8) is 0 Å². The van der Waals surface area contributed by atoms with Crippen LogP contribution in [0.4, 0.5) is 5.69 Å². The van der Waals surface area contributed by atoms with Gasteiger partial charge in [-0.15, -0.1) is 0 Å². The van der Waals surface area contributed by atoms with Crippen molar-refractivity contribution in [3.8, 4) is 0 Å². The van der Waals surface area contributed by atoms with Crippen LogP contribution in [0.15, 0.2) is 47.5 Å². The Morgan fingerprint density at radius 3 is 3.00 bits per heavy atom. The van der Waals surface area contributed by atoms with Crippen LogP contribution in [0.25, 0.3) is 0 Å². The van der Waals surface area contributed by atoms with Crippen molar-refractivity contribution in [1.29, 1.82) is 0 Å². The van der Waals surface area contributed by atoms with Crippen LogP contribution in [-0.4, -0.2) is 10.9 Å². The molecule has 0 spiro atoms. The Morgan fingerprint density at radius 1 is 1.43 bits per heavy atom. The second-order valence-electron chi connectivity index (χ2n) is 2.71. The van der Waals surface area contributed by atoms with Gasteiger partial charge in [-0.05, 0) is 18.2 Å². The molecule has 2 rings (SSSR count). The van der Waals surface area contributed by atoms with Gasteiger partial charge < -0.3 is 9.73 Å². The summed E-state index contributed by atoms with van der Waals surface area (Å²) in [5, 5.41) is 2.68. The fraction of sp³-hybridized carbons (Fsp3) is 0. The predicted molar refractivity (Wildman–Crippen MR) is 50.9 cm³/mol. The number of carbonyl (C=O) groups is 1. The molecule has 1 N–H and O–H groups in total. The molecule has 1 amide bonds. The van der Waals surface area contributed by atoms with Crippen LogP contribution >= 0.6 is 0 Å². The van der Waals surface area contributed by atoms with Crippen LogP contribution in [0.5, 0.6) is 0 Å². The van der Waals surface area contributed by atoms with Crippen LogP contribution in [0.3, 0.4) is 0 Å². The van der Waals surface area contributed by atoms with E-state index in [1.807, 2.05) is 0 Å². The van der Waals surface area contributed by atoms with Crippen molar-refractivity contribution < 1.29 is 9.21 Å². The van der Waals surface area contributed by atoms with Gasteiger partial charge in [-0.3, -0.25) is 9.78 Å². The van der Waals surface area contributed by atoms with Gasteiger partial charge in [-0.2, -0.15) is 0 Å². The van der Waals surface area contributed by atoms with Gasteiger partial charge in [0.05, 0.1) is 23.7 Å². The van der Waals surface area contributed by atoms with E-state index in [-0.39, 0.29) is 5.91 Å². The van der Waals surface area contributed by atoms with E-state index in [9.17, 15) is 4.79 Å². The van der Waals surface area contributed by atoms with Crippen molar-refractivity contribution in [2.24, 2.45) is 0 Å². The lowest BCUT2D eigenvalue weighted by molar-refractivity contribution is 0.102. The highest BCUT2D eigenvalue weighted by molar-refractivity contribution is 6.03. The largest absolute Gasteiger partial charge is 0.472 e. The van der Waals surface area contributed by atoms with Crippen LogP contribution in [0.1, 0.15) is 10.4 Å². The van der Waals surface area contributed by atoms with E-state index in [1.165, 1.54) is 12.5 Å². The fourth-order valence-corrected chi connectivity index (χ4v) is 1.03. The summed E-state index contributed by atoms with van der Waals surface area (Å²) in [7, 11) is 0. The number of hydrogen-bond acceptors (Lipinski definition) is 3. The van der Waals surface area contributed by atoms with Crippen LogP contribution in [0, 0.1) is 0 Å². The Kier molecular flexibility index (Phi) is 2.27. The molecule has 14 heavy (non-hydrogen) atoms. The number of rotatable bonds is 2. The van der Waals surface area contributed by atoms with Gasteiger partial charge in [0.25, 0.3) is 5.91 Å². The molecule has 0 atom stereocenters. The first-order chi connectivity index (χ1) is 6.86. The maximum Gasteiger partial charge on any atom is 0.258 e. The van der Waals surface area contributed by atoms with E-state index >= 15 is 0 Å². The summed E-state index contributed by atoms with van der Waals surface area (Å²) in [5.74, 6) is -0.202. The first-order valence-corrected chi connectivity index (χ1v) is 4.10. The zero-order valence-electron chi connectivity index (χ0n) is 7.31. The van der Waals surface area contributed by atoms with E-state index in [0.717, 1.165) is 0 Å². The zero-order chi connectivity index (χ0) is 9.80. The van der Waals surface area contributed by atoms with Crippen molar-refractivity contribution in [1.82, 2.24) is 4.98 Å². The van der Waals surface area contributed by atoms with E-state index in [2.05, 4.69) is 10.3 Å². The second-order valence-corrected chi connectivity index (χ2v) is 2.71. The monoisotopic (exact) mass is 188 g/mol. The van der Waals surface area contributed by atoms with Gasteiger partial charge in [0.15, 0.2) is 0 Å². The van der Waals surface area contributed by atoms with Gasteiger partial charge in [-0.25, -0.2) is 0 Å². The number of amides is 1. The van der Waals surface area contributed by atoms with Crippen LogP contribution < -0.4 is 5.32 Å². The third-order valence-corrected chi connectivity index (χ3v) is 1.70. The van der Waals surface area contributed by atoms with Gasteiger partial charge in [0.2, 0.25) is 0 Å². The van der Waals surface area contributed by atoms with Gasteiger partial charge >= 0.3 is 0 Å². The minimum absolute atomic E-state index is 0.202. The molecule has 0 bridgehead atoms. The molecule has 0 radical (unpaired) electrons. The van der Waals surface area contributed by atoms with E-state index in [0.29, 0.717) is 11.3 Å². The summed E-state index contributed by atoms with van der Waals surface area (Å²) < 4.78 is 4.80. The number of anilines is 1. The van der Waals surface area contributed by atoms with E-state index < -0.39 is 0 Å². The van der Waals surface area contributed by atoms with Crippen molar-refractivity contribution >= 4 is 11.6 Å². The average molecular weight is 188 g/mol. The first kappa shape index (κ1) is 8.50.